The van der Waals surface area contributed by atoms with Crippen LogP contribution in [0.5, 0.6) is 0 Å². The van der Waals surface area contributed by atoms with Gasteiger partial charge in [-0.05, 0) is 62.3 Å². The third-order valence-electron chi connectivity index (χ3n) is 6.11. The number of hydrogen-bond donors (Lipinski definition) is 1. The molecule has 0 aromatic carbocycles. The Kier molecular flexibility index (Phi) is 5.72. The van der Waals surface area contributed by atoms with Crippen molar-refractivity contribution in [3.63, 3.8) is 0 Å². The third-order valence-corrected chi connectivity index (χ3v) is 6.11. The van der Waals surface area contributed by atoms with Crippen LogP contribution in [0, 0.1) is 17.3 Å². The van der Waals surface area contributed by atoms with Crippen molar-refractivity contribution in [2.75, 3.05) is 33.4 Å². The number of likely N-dealkylation sites (tertiary alicyclic amines) is 1. The molecule has 1 aliphatic heterocycles. The molecule has 2 rings (SSSR count). The summed E-state index contributed by atoms with van der Waals surface area (Å²) < 4.78 is 5.39. The van der Waals surface area contributed by atoms with Crippen molar-refractivity contribution in [3.05, 3.63) is 0 Å². The van der Waals surface area contributed by atoms with Crippen molar-refractivity contribution in [1.82, 2.24) is 4.90 Å². The van der Waals surface area contributed by atoms with Crippen LogP contribution in [0.4, 0.5) is 0 Å². The molecule has 3 heteroatoms. The Morgan fingerprint density at radius 2 is 1.86 bits per heavy atom. The lowest BCUT2D eigenvalue weighted by Crippen LogP contribution is -2.59. The lowest BCUT2D eigenvalue weighted by Gasteiger charge is -2.52. The zero-order chi connectivity index (χ0) is 15.5. The first-order valence-electron chi connectivity index (χ1n) is 8.85. The van der Waals surface area contributed by atoms with Crippen molar-refractivity contribution in [3.8, 4) is 0 Å². The molecule has 3 nitrogen and oxygen atoms in total. The summed E-state index contributed by atoms with van der Waals surface area (Å²) in [4.78, 5) is 2.72. The highest BCUT2D eigenvalue weighted by Gasteiger charge is 2.42. The van der Waals surface area contributed by atoms with E-state index in [0.717, 1.165) is 19.1 Å². The maximum absolute atomic E-state index is 6.27. The molecule has 1 aliphatic carbocycles. The van der Waals surface area contributed by atoms with E-state index in [9.17, 15) is 0 Å². The summed E-state index contributed by atoms with van der Waals surface area (Å²) in [6, 6.07) is 0. The van der Waals surface area contributed by atoms with E-state index < -0.39 is 0 Å². The van der Waals surface area contributed by atoms with Crippen molar-refractivity contribution in [1.29, 1.82) is 0 Å². The van der Waals surface area contributed by atoms with Gasteiger partial charge in [0.05, 0.1) is 6.61 Å². The smallest absolute Gasteiger partial charge is 0.0502 e. The average Bonchev–Trinajstić information content (AvgIpc) is 2.47. The van der Waals surface area contributed by atoms with Crippen LogP contribution in [0.2, 0.25) is 0 Å². The molecule has 124 valence electrons. The monoisotopic (exact) mass is 296 g/mol. The minimum Gasteiger partial charge on any atom is -0.384 e. The second-order valence-corrected chi connectivity index (χ2v) is 8.48. The number of rotatable bonds is 4. The van der Waals surface area contributed by atoms with Crippen LogP contribution in [0.25, 0.3) is 0 Å². The van der Waals surface area contributed by atoms with Crippen LogP contribution in [0.15, 0.2) is 0 Å². The summed E-state index contributed by atoms with van der Waals surface area (Å²) in [7, 11) is 1.83. The highest BCUT2D eigenvalue weighted by molar-refractivity contribution is 4.99. The topological polar surface area (TPSA) is 38.5 Å². The van der Waals surface area contributed by atoms with E-state index in [0.29, 0.717) is 11.3 Å². The number of nitrogens with two attached hydrogens (primary N) is 1. The molecule has 2 aliphatic rings. The van der Waals surface area contributed by atoms with Gasteiger partial charge in [-0.1, -0.05) is 20.8 Å². The van der Waals surface area contributed by atoms with Gasteiger partial charge in [-0.25, -0.2) is 0 Å². The Morgan fingerprint density at radius 1 is 1.19 bits per heavy atom. The molecule has 1 atom stereocenters. The number of ether oxygens (including phenoxy) is 1. The molecule has 1 saturated heterocycles. The molecule has 0 radical (unpaired) electrons. The second kappa shape index (κ2) is 6.97. The van der Waals surface area contributed by atoms with E-state index in [2.05, 4.69) is 25.7 Å². The van der Waals surface area contributed by atoms with E-state index in [4.69, 9.17) is 10.5 Å². The van der Waals surface area contributed by atoms with Gasteiger partial charge in [0.25, 0.3) is 0 Å². The SMILES string of the molecule is COCC1CCCN(C2(CN)CCC(C(C)(C)C)CC2)C1. The van der Waals surface area contributed by atoms with Crippen LogP contribution in [0.1, 0.15) is 59.3 Å². The standard InChI is InChI=1S/C18H36N2O/c1-17(2,3)16-7-9-18(14-19,10-8-16)20-11-5-6-15(12-20)13-21-4/h15-16H,5-14,19H2,1-4H3. The fraction of sp³-hybridized carbons (Fsp3) is 1.00. The summed E-state index contributed by atoms with van der Waals surface area (Å²) in [5, 5.41) is 0. The summed E-state index contributed by atoms with van der Waals surface area (Å²) >= 11 is 0. The molecule has 0 aromatic rings. The highest BCUT2D eigenvalue weighted by Crippen LogP contribution is 2.44. The quantitative estimate of drug-likeness (QED) is 0.865. The van der Waals surface area contributed by atoms with Gasteiger partial charge in [0.1, 0.15) is 0 Å². The van der Waals surface area contributed by atoms with Gasteiger partial charge in [0.2, 0.25) is 0 Å². The summed E-state index contributed by atoms with van der Waals surface area (Å²) in [5.41, 5.74) is 6.99. The summed E-state index contributed by atoms with van der Waals surface area (Å²) in [5.74, 6) is 1.56. The molecule has 1 saturated carbocycles. The normalized spacial score (nSPS) is 35.9. The minimum absolute atomic E-state index is 0.272. The minimum atomic E-state index is 0.272. The van der Waals surface area contributed by atoms with Gasteiger partial charge in [-0.15, -0.1) is 0 Å². The van der Waals surface area contributed by atoms with Crippen molar-refractivity contribution >= 4 is 0 Å². The second-order valence-electron chi connectivity index (χ2n) is 8.48. The Bertz CT molecular complexity index is 314. The number of nitrogens with zero attached hydrogens (tertiary/aromatic N) is 1. The first-order valence-corrected chi connectivity index (χ1v) is 8.85. The number of methoxy groups -OCH3 is 1. The fourth-order valence-corrected chi connectivity index (χ4v) is 4.54. The van der Waals surface area contributed by atoms with E-state index in [1.165, 1.54) is 51.6 Å². The van der Waals surface area contributed by atoms with Crippen LogP contribution < -0.4 is 5.73 Å². The molecule has 0 aromatic heterocycles. The highest BCUT2D eigenvalue weighted by atomic mass is 16.5. The van der Waals surface area contributed by atoms with E-state index in [1.807, 2.05) is 7.11 Å². The predicted octanol–water partition coefficient (Wildman–Crippen LogP) is 3.28. The Balaban J connectivity index is 1.99. The van der Waals surface area contributed by atoms with Crippen molar-refractivity contribution in [2.45, 2.75) is 64.8 Å². The van der Waals surface area contributed by atoms with Crippen molar-refractivity contribution in [2.24, 2.45) is 23.0 Å². The van der Waals surface area contributed by atoms with Crippen LogP contribution in [-0.4, -0.2) is 43.8 Å². The first kappa shape index (κ1) is 17.2. The van der Waals surface area contributed by atoms with Crippen LogP contribution in [-0.2, 0) is 4.74 Å². The largest absolute Gasteiger partial charge is 0.384 e. The van der Waals surface area contributed by atoms with E-state index in [1.54, 1.807) is 0 Å². The van der Waals surface area contributed by atoms with Gasteiger partial charge in [-0.3, -0.25) is 4.90 Å². The van der Waals surface area contributed by atoms with Gasteiger partial charge in [0.15, 0.2) is 0 Å². The van der Waals surface area contributed by atoms with Gasteiger partial charge < -0.3 is 10.5 Å². The molecule has 21 heavy (non-hydrogen) atoms. The lowest BCUT2D eigenvalue weighted by atomic mass is 9.66. The first-order chi connectivity index (χ1) is 9.91. The van der Waals surface area contributed by atoms with Crippen LogP contribution in [0.3, 0.4) is 0 Å². The van der Waals surface area contributed by atoms with Gasteiger partial charge in [-0.2, -0.15) is 0 Å². The molecule has 2 fully saturated rings. The molecule has 2 N–H and O–H groups in total. The molecule has 0 bridgehead atoms. The Hall–Kier alpha value is -0.120. The number of hydrogen-bond acceptors (Lipinski definition) is 3. The molecule has 0 amide bonds. The Morgan fingerprint density at radius 3 is 2.38 bits per heavy atom. The predicted molar refractivity (Wildman–Crippen MR) is 89.4 cm³/mol. The molecular weight excluding hydrogens is 260 g/mol. The number of piperidine rings is 1. The molecule has 1 unspecified atom stereocenters. The van der Waals surface area contributed by atoms with Crippen LogP contribution >= 0.6 is 0 Å². The maximum Gasteiger partial charge on any atom is 0.0502 e. The Labute approximate surface area is 131 Å². The maximum atomic E-state index is 6.27. The van der Waals surface area contributed by atoms with Gasteiger partial charge >= 0.3 is 0 Å². The average molecular weight is 296 g/mol. The zero-order valence-corrected chi connectivity index (χ0v) is 14.7. The lowest BCUT2D eigenvalue weighted by molar-refractivity contribution is -0.0165. The zero-order valence-electron chi connectivity index (χ0n) is 14.7. The van der Waals surface area contributed by atoms with Gasteiger partial charge in [0, 0.05) is 25.7 Å². The third kappa shape index (κ3) is 4.00. The summed E-state index contributed by atoms with van der Waals surface area (Å²) in [6.07, 6.45) is 7.86. The molecular formula is C18H36N2O. The molecule has 1 heterocycles. The molecule has 0 spiro atoms. The van der Waals surface area contributed by atoms with E-state index >= 15 is 0 Å². The van der Waals surface area contributed by atoms with E-state index in [-0.39, 0.29) is 5.54 Å². The fourth-order valence-electron chi connectivity index (χ4n) is 4.54. The summed E-state index contributed by atoms with van der Waals surface area (Å²) in [6.45, 7) is 11.3. The van der Waals surface area contributed by atoms with Crippen molar-refractivity contribution < 1.29 is 4.74 Å².